The summed E-state index contributed by atoms with van der Waals surface area (Å²) in [4.78, 5) is 10.1. The van der Waals surface area contributed by atoms with Crippen molar-refractivity contribution in [2.75, 3.05) is 5.43 Å². The van der Waals surface area contributed by atoms with Crippen molar-refractivity contribution >= 4 is 11.4 Å². The van der Waals surface area contributed by atoms with Crippen LogP contribution < -0.4 is 10.9 Å². The van der Waals surface area contributed by atoms with E-state index in [0.29, 0.717) is 6.54 Å². The average Bonchev–Trinajstić information content (AvgIpc) is 2.40. The zero-order chi connectivity index (χ0) is 12.8. The van der Waals surface area contributed by atoms with Gasteiger partial charge in [0, 0.05) is 24.4 Å². The number of rotatable bonds is 5. The van der Waals surface area contributed by atoms with Crippen molar-refractivity contribution in [2.45, 2.75) is 6.54 Å². The van der Waals surface area contributed by atoms with Crippen LogP contribution in [0.15, 0.2) is 54.6 Å². The maximum atomic E-state index is 10.5. The number of hydrogen-bond donors (Lipinski definition) is 2. The average molecular weight is 243 g/mol. The van der Waals surface area contributed by atoms with Crippen molar-refractivity contribution in [1.82, 2.24) is 5.43 Å². The Morgan fingerprint density at radius 3 is 2.28 bits per heavy atom. The summed E-state index contributed by atoms with van der Waals surface area (Å²) >= 11 is 0. The lowest BCUT2D eigenvalue weighted by Crippen LogP contribution is -2.20. The molecule has 0 saturated carbocycles. The summed E-state index contributed by atoms with van der Waals surface area (Å²) < 4.78 is 0. The molecule has 0 amide bonds. The Bertz CT molecular complexity index is 512. The molecule has 0 unspecified atom stereocenters. The maximum Gasteiger partial charge on any atom is 0.269 e. The molecule has 0 spiro atoms. The summed E-state index contributed by atoms with van der Waals surface area (Å²) in [6, 6.07) is 16.2. The first-order chi connectivity index (χ1) is 8.75. The molecule has 0 atom stereocenters. The van der Waals surface area contributed by atoms with Gasteiger partial charge in [-0.2, -0.15) is 0 Å². The number of benzene rings is 2. The summed E-state index contributed by atoms with van der Waals surface area (Å²) in [6.07, 6.45) is 0. The van der Waals surface area contributed by atoms with E-state index < -0.39 is 4.92 Å². The topological polar surface area (TPSA) is 67.2 Å². The standard InChI is InChI=1S/C13H13N3O2/c17-16(18)13-8-6-11(7-9-13)10-14-15-12-4-2-1-3-5-12/h1-9,14-15H,10H2. The quantitative estimate of drug-likeness (QED) is 0.626. The lowest BCUT2D eigenvalue weighted by atomic mass is 10.2. The predicted molar refractivity (Wildman–Crippen MR) is 70.0 cm³/mol. The van der Waals surface area contributed by atoms with Crippen LogP contribution >= 0.6 is 0 Å². The highest BCUT2D eigenvalue weighted by molar-refractivity contribution is 5.41. The largest absolute Gasteiger partial charge is 0.321 e. The Morgan fingerprint density at radius 2 is 1.67 bits per heavy atom. The van der Waals surface area contributed by atoms with Gasteiger partial charge in [0.1, 0.15) is 0 Å². The van der Waals surface area contributed by atoms with Gasteiger partial charge < -0.3 is 5.43 Å². The smallest absolute Gasteiger partial charge is 0.269 e. The first kappa shape index (κ1) is 12.1. The fraction of sp³-hybridized carbons (Fsp3) is 0.0769. The van der Waals surface area contributed by atoms with Gasteiger partial charge in [-0.25, -0.2) is 5.43 Å². The molecule has 0 aromatic heterocycles. The van der Waals surface area contributed by atoms with Crippen molar-refractivity contribution in [3.05, 3.63) is 70.3 Å². The molecule has 0 aliphatic heterocycles. The van der Waals surface area contributed by atoms with Crippen LogP contribution in [0.1, 0.15) is 5.56 Å². The predicted octanol–water partition coefficient (Wildman–Crippen LogP) is 2.71. The third-order valence-corrected chi connectivity index (χ3v) is 2.45. The van der Waals surface area contributed by atoms with E-state index in [4.69, 9.17) is 0 Å². The molecule has 2 rings (SSSR count). The first-order valence-electron chi connectivity index (χ1n) is 5.53. The van der Waals surface area contributed by atoms with Crippen LogP contribution in [0.2, 0.25) is 0 Å². The second-order valence-corrected chi connectivity index (χ2v) is 3.77. The van der Waals surface area contributed by atoms with E-state index >= 15 is 0 Å². The van der Waals surface area contributed by atoms with Crippen LogP contribution in [-0.4, -0.2) is 4.92 Å². The number of hydrogen-bond acceptors (Lipinski definition) is 4. The van der Waals surface area contributed by atoms with E-state index in [9.17, 15) is 10.1 Å². The van der Waals surface area contributed by atoms with Crippen LogP contribution in [0.4, 0.5) is 11.4 Å². The molecule has 0 aliphatic rings. The van der Waals surface area contributed by atoms with Gasteiger partial charge in [-0.15, -0.1) is 0 Å². The summed E-state index contributed by atoms with van der Waals surface area (Å²) in [5.74, 6) is 0. The van der Waals surface area contributed by atoms with Gasteiger partial charge in [-0.1, -0.05) is 30.3 Å². The number of non-ortho nitro benzene ring substituents is 1. The van der Waals surface area contributed by atoms with Crippen molar-refractivity contribution < 1.29 is 4.92 Å². The minimum Gasteiger partial charge on any atom is -0.321 e. The number of nitrogens with one attached hydrogen (secondary N) is 2. The minimum atomic E-state index is -0.403. The molecular weight excluding hydrogens is 230 g/mol. The number of anilines is 1. The third-order valence-electron chi connectivity index (χ3n) is 2.45. The molecule has 0 radical (unpaired) electrons. The highest BCUT2D eigenvalue weighted by atomic mass is 16.6. The van der Waals surface area contributed by atoms with Gasteiger partial charge in [0.2, 0.25) is 0 Å². The summed E-state index contributed by atoms with van der Waals surface area (Å²) in [7, 11) is 0. The molecule has 92 valence electrons. The number of para-hydroxylation sites is 1. The maximum absolute atomic E-state index is 10.5. The van der Waals surface area contributed by atoms with E-state index in [1.807, 2.05) is 30.3 Å². The van der Waals surface area contributed by atoms with E-state index in [-0.39, 0.29) is 5.69 Å². The fourth-order valence-corrected chi connectivity index (χ4v) is 1.51. The number of nitro benzene ring substituents is 1. The molecule has 0 aliphatic carbocycles. The molecule has 0 fully saturated rings. The Balaban J connectivity index is 1.85. The first-order valence-corrected chi connectivity index (χ1v) is 5.53. The lowest BCUT2D eigenvalue weighted by Gasteiger charge is -2.07. The molecule has 18 heavy (non-hydrogen) atoms. The van der Waals surface area contributed by atoms with Gasteiger partial charge >= 0.3 is 0 Å². The molecule has 5 nitrogen and oxygen atoms in total. The van der Waals surface area contributed by atoms with Crippen LogP contribution in [0.25, 0.3) is 0 Å². The Kier molecular flexibility index (Phi) is 3.88. The number of nitro groups is 1. The molecule has 0 saturated heterocycles. The third kappa shape index (κ3) is 3.29. The summed E-state index contributed by atoms with van der Waals surface area (Å²) in [5.41, 5.74) is 8.15. The van der Waals surface area contributed by atoms with Crippen molar-refractivity contribution in [1.29, 1.82) is 0 Å². The van der Waals surface area contributed by atoms with Gasteiger partial charge in [0.15, 0.2) is 0 Å². The lowest BCUT2D eigenvalue weighted by molar-refractivity contribution is -0.384. The van der Waals surface area contributed by atoms with Gasteiger partial charge in [0.25, 0.3) is 5.69 Å². The monoisotopic (exact) mass is 243 g/mol. The van der Waals surface area contributed by atoms with E-state index in [2.05, 4.69) is 10.9 Å². The van der Waals surface area contributed by atoms with E-state index in [1.165, 1.54) is 12.1 Å². The van der Waals surface area contributed by atoms with Crippen molar-refractivity contribution in [3.63, 3.8) is 0 Å². The van der Waals surface area contributed by atoms with E-state index in [1.54, 1.807) is 12.1 Å². The zero-order valence-corrected chi connectivity index (χ0v) is 9.67. The summed E-state index contributed by atoms with van der Waals surface area (Å²) in [5, 5.41) is 10.5. The molecule has 5 heteroatoms. The minimum absolute atomic E-state index is 0.106. The van der Waals surface area contributed by atoms with Crippen molar-refractivity contribution in [3.8, 4) is 0 Å². The second-order valence-electron chi connectivity index (χ2n) is 3.77. The molecular formula is C13H13N3O2. The summed E-state index contributed by atoms with van der Waals surface area (Å²) in [6.45, 7) is 0.590. The Labute approximate surface area is 105 Å². The SMILES string of the molecule is O=[N+]([O-])c1ccc(CNNc2ccccc2)cc1. The van der Waals surface area contributed by atoms with Gasteiger partial charge in [0.05, 0.1) is 4.92 Å². The highest BCUT2D eigenvalue weighted by Gasteiger charge is 2.03. The molecule has 2 aromatic rings. The van der Waals surface area contributed by atoms with Crippen molar-refractivity contribution in [2.24, 2.45) is 0 Å². The Morgan fingerprint density at radius 1 is 1.00 bits per heavy atom. The molecule has 0 bridgehead atoms. The second kappa shape index (κ2) is 5.79. The molecule has 0 heterocycles. The molecule has 2 N–H and O–H groups in total. The Hall–Kier alpha value is -2.40. The van der Waals surface area contributed by atoms with Gasteiger partial charge in [-0.05, 0) is 17.7 Å². The normalized spacial score (nSPS) is 10.0. The number of hydrazine groups is 1. The van der Waals surface area contributed by atoms with Gasteiger partial charge in [-0.3, -0.25) is 10.1 Å². The van der Waals surface area contributed by atoms with Crippen LogP contribution in [0.5, 0.6) is 0 Å². The highest BCUT2D eigenvalue weighted by Crippen LogP contribution is 2.11. The zero-order valence-electron chi connectivity index (χ0n) is 9.67. The van der Waals surface area contributed by atoms with Crippen LogP contribution in [0, 0.1) is 10.1 Å². The van der Waals surface area contributed by atoms with Crippen LogP contribution in [-0.2, 0) is 6.54 Å². The fourth-order valence-electron chi connectivity index (χ4n) is 1.51. The van der Waals surface area contributed by atoms with E-state index in [0.717, 1.165) is 11.3 Å². The number of nitrogens with zero attached hydrogens (tertiary/aromatic N) is 1. The molecule has 2 aromatic carbocycles. The van der Waals surface area contributed by atoms with Crippen LogP contribution in [0.3, 0.4) is 0 Å².